The molecule has 25 heavy (non-hydrogen) atoms. The fourth-order valence-electron chi connectivity index (χ4n) is 3.08. The van der Waals surface area contributed by atoms with Crippen LogP contribution in [0.5, 0.6) is 0 Å². The molecule has 4 rings (SSSR count). The summed E-state index contributed by atoms with van der Waals surface area (Å²) in [5, 5.41) is 4.68. The number of hydrogen-bond acceptors (Lipinski definition) is 5. The molecule has 0 N–H and O–H groups in total. The predicted octanol–water partition coefficient (Wildman–Crippen LogP) is 4.00. The molecule has 3 aromatic rings. The third-order valence-electron chi connectivity index (χ3n) is 4.35. The predicted molar refractivity (Wildman–Crippen MR) is 91.3 cm³/mol. The topological polar surface area (TPSA) is 72.4 Å². The normalized spacial score (nSPS) is 17.6. The van der Waals surface area contributed by atoms with E-state index in [4.69, 9.17) is 20.5 Å². The Bertz CT molecular complexity index is 875. The highest BCUT2D eigenvalue weighted by Crippen LogP contribution is 2.29. The largest absolute Gasteiger partial charge is 0.472 e. The summed E-state index contributed by atoms with van der Waals surface area (Å²) in [4.78, 5) is 18.8. The van der Waals surface area contributed by atoms with Gasteiger partial charge in [-0.3, -0.25) is 4.79 Å². The number of carbonyl (C=O) groups excluding carboxylic acids is 1. The van der Waals surface area contributed by atoms with Gasteiger partial charge in [-0.05, 0) is 31.0 Å². The van der Waals surface area contributed by atoms with Crippen molar-refractivity contribution in [2.75, 3.05) is 13.1 Å². The Labute approximate surface area is 149 Å². The fourth-order valence-corrected chi connectivity index (χ4v) is 3.27. The minimum absolute atomic E-state index is 0.0324. The van der Waals surface area contributed by atoms with Crippen LogP contribution in [0.4, 0.5) is 0 Å². The molecular formula is C18H16ClN3O3. The quantitative estimate of drug-likeness (QED) is 0.708. The lowest BCUT2D eigenvalue weighted by molar-refractivity contribution is 0.0695. The van der Waals surface area contributed by atoms with Crippen LogP contribution in [0.15, 0.2) is 51.8 Å². The SMILES string of the molecule is O=C(c1ccoc1)N1CCCC(c2nc(-c3cccc(Cl)c3)no2)C1. The maximum absolute atomic E-state index is 12.5. The van der Waals surface area contributed by atoms with Crippen molar-refractivity contribution in [3.8, 4) is 11.4 Å². The van der Waals surface area contributed by atoms with Crippen LogP contribution in [0.3, 0.4) is 0 Å². The molecule has 1 saturated heterocycles. The maximum Gasteiger partial charge on any atom is 0.257 e. The Kier molecular flexibility index (Phi) is 4.28. The van der Waals surface area contributed by atoms with Gasteiger partial charge in [0.2, 0.25) is 11.7 Å². The Morgan fingerprint density at radius 3 is 3.04 bits per heavy atom. The minimum Gasteiger partial charge on any atom is -0.472 e. The molecule has 0 saturated carbocycles. The van der Waals surface area contributed by atoms with E-state index in [1.54, 1.807) is 18.2 Å². The van der Waals surface area contributed by atoms with Crippen LogP contribution in [0.25, 0.3) is 11.4 Å². The van der Waals surface area contributed by atoms with Gasteiger partial charge in [-0.2, -0.15) is 4.98 Å². The van der Waals surface area contributed by atoms with E-state index in [2.05, 4.69) is 10.1 Å². The summed E-state index contributed by atoms with van der Waals surface area (Å²) in [5.74, 6) is 1.06. The van der Waals surface area contributed by atoms with Crippen LogP contribution in [-0.4, -0.2) is 34.0 Å². The smallest absolute Gasteiger partial charge is 0.257 e. The Balaban J connectivity index is 1.51. The summed E-state index contributed by atoms with van der Waals surface area (Å²) in [6, 6.07) is 9.00. The van der Waals surface area contributed by atoms with Crippen molar-refractivity contribution < 1.29 is 13.7 Å². The van der Waals surface area contributed by atoms with Gasteiger partial charge in [-0.25, -0.2) is 0 Å². The second-order valence-corrected chi connectivity index (χ2v) is 6.51. The molecule has 0 aliphatic carbocycles. The van der Waals surface area contributed by atoms with Crippen molar-refractivity contribution in [2.24, 2.45) is 0 Å². The number of benzene rings is 1. The molecule has 1 aromatic carbocycles. The maximum atomic E-state index is 12.5. The monoisotopic (exact) mass is 357 g/mol. The number of hydrogen-bond donors (Lipinski definition) is 0. The number of halogens is 1. The summed E-state index contributed by atoms with van der Waals surface area (Å²) in [6.45, 7) is 1.27. The van der Waals surface area contributed by atoms with Crippen LogP contribution < -0.4 is 0 Å². The van der Waals surface area contributed by atoms with E-state index in [1.807, 2.05) is 17.0 Å². The van der Waals surface area contributed by atoms with Crippen molar-refractivity contribution >= 4 is 17.5 Å². The van der Waals surface area contributed by atoms with E-state index < -0.39 is 0 Å². The first-order chi connectivity index (χ1) is 12.2. The zero-order valence-electron chi connectivity index (χ0n) is 13.4. The molecule has 1 aliphatic rings. The van der Waals surface area contributed by atoms with Gasteiger partial charge >= 0.3 is 0 Å². The van der Waals surface area contributed by atoms with E-state index in [-0.39, 0.29) is 11.8 Å². The van der Waals surface area contributed by atoms with Crippen LogP contribution >= 0.6 is 11.6 Å². The second kappa shape index (κ2) is 6.72. The molecule has 7 heteroatoms. The van der Waals surface area contributed by atoms with Crippen molar-refractivity contribution in [1.82, 2.24) is 15.0 Å². The van der Waals surface area contributed by atoms with Crippen LogP contribution in [0, 0.1) is 0 Å². The summed E-state index contributed by atoms with van der Waals surface area (Å²) in [5.41, 5.74) is 1.37. The van der Waals surface area contributed by atoms with Crippen LogP contribution in [0.2, 0.25) is 5.02 Å². The molecule has 3 heterocycles. The Morgan fingerprint density at radius 1 is 1.32 bits per heavy atom. The average molecular weight is 358 g/mol. The average Bonchev–Trinajstić information content (AvgIpc) is 3.33. The number of aromatic nitrogens is 2. The molecular weight excluding hydrogens is 342 g/mol. The van der Waals surface area contributed by atoms with Gasteiger partial charge in [0.1, 0.15) is 6.26 Å². The number of furan rings is 1. The molecule has 1 amide bonds. The summed E-state index contributed by atoms with van der Waals surface area (Å²) < 4.78 is 10.5. The number of likely N-dealkylation sites (tertiary alicyclic amines) is 1. The summed E-state index contributed by atoms with van der Waals surface area (Å²) >= 11 is 6.02. The Hall–Kier alpha value is -2.60. The number of rotatable bonds is 3. The molecule has 1 atom stereocenters. The number of piperidine rings is 1. The lowest BCUT2D eigenvalue weighted by Crippen LogP contribution is -2.39. The minimum atomic E-state index is -0.0342. The molecule has 0 radical (unpaired) electrons. The molecule has 0 bridgehead atoms. The fraction of sp³-hybridized carbons (Fsp3) is 0.278. The summed E-state index contributed by atoms with van der Waals surface area (Å²) in [7, 11) is 0. The van der Waals surface area contributed by atoms with Crippen molar-refractivity contribution in [2.45, 2.75) is 18.8 Å². The van der Waals surface area contributed by atoms with Gasteiger partial charge in [0, 0.05) is 23.7 Å². The third-order valence-corrected chi connectivity index (χ3v) is 4.59. The van der Waals surface area contributed by atoms with E-state index in [0.717, 1.165) is 24.9 Å². The van der Waals surface area contributed by atoms with Gasteiger partial charge < -0.3 is 13.8 Å². The first-order valence-electron chi connectivity index (χ1n) is 8.12. The summed E-state index contributed by atoms with van der Waals surface area (Å²) in [6.07, 6.45) is 4.77. The van der Waals surface area contributed by atoms with E-state index >= 15 is 0 Å². The van der Waals surface area contributed by atoms with Crippen molar-refractivity contribution in [3.63, 3.8) is 0 Å². The molecule has 1 aliphatic heterocycles. The van der Waals surface area contributed by atoms with Crippen molar-refractivity contribution in [3.05, 3.63) is 59.3 Å². The zero-order chi connectivity index (χ0) is 17.2. The first kappa shape index (κ1) is 15.9. The highest BCUT2D eigenvalue weighted by atomic mass is 35.5. The molecule has 128 valence electrons. The van der Waals surface area contributed by atoms with Gasteiger partial charge in [0.05, 0.1) is 17.7 Å². The standard InChI is InChI=1S/C18H16ClN3O3/c19-15-5-1-3-12(9-15)16-20-17(25-21-16)13-4-2-7-22(10-13)18(23)14-6-8-24-11-14/h1,3,5-6,8-9,11,13H,2,4,7,10H2. The van der Waals surface area contributed by atoms with Crippen LogP contribution in [0.1, 0.15) is 35.0 Å². The van der Waals surface area contributed by atoms with E-state index in [1.165, 1.54) is 12.5 Å². The van der Waals surface area contributed by atoms with Gasteiger partial charge in [0.25, 0.3) is 5.91 Å². The van der Waals surface area contributed by atoms with E-state index in [0.29, 0.717) is 28.8 Å². The Morgan fingerprint density at radius 2 is 2.24 bits per heavy atom. The molecule has 1 fully saturated rings. The van der Waals surface area contributed by atoms with Gasteiger partial charge in [-0.1, -0.05) is 28.9 Å². The molecule has 2 aromatic heterocycles. The second-order valence-electron chi connectivity index (χ2n) is 6.07. The highest BCUT2D eigenvalue weighted by molar-refractivity contribution is 6.30. The van der Waals surface area contributed by atoms with Crippen molar-refractivity contribution in [1.29, 1.82) is 0 Å². The number of carbonyl (C=O) groups is 1. The van der Waals surface area contributed by atoms with Gasteiger partial charge in [0.15, 0.2) is 0 Å². The molecule has 6 nitrogen and oxygen atoms in total. The van der Waals surface area contributed by atoms with Crippen LogP contribution in [-0.2, 0) is 0 Å². The third kappa shape index (κ3) is 3.30. The zero-order valence-corrected chi connectivity index (χ0v) is 14.1. The lowest BCUT2D eigenvalue weighted by atomic mass is 9.97. The molecule has 0 spiro atoms. The molecule has 1 unspecified atom stereocenters. The van der Waals surface area contributed by atoms with E-state index in [9.17, 15) is 4.79 Å². The highest BCUT2D eigenvalue weighted by Gasteiger charge is 2.29. The van der Waals surface area contributed by atoms with Gasteiger partial charge in [-0.15, -0.1) is 0 Å². The lowest BCUT2D eigenvalue weighted by Gasteiger charge is -2.30. The first-order valence-corrected chi connectivity index (χ1v) is 8.49. The number of amides is 1. The number of nitrogens with zero attached hydrogens (tertiary/aromatic N) is 3.